The van der Waals surface area contributed by atoms with Crippen molar-refractivity contribution >= 4 is 5.65 Å². The van der Waals surface area contributed by atoms with Gasteiger partial charge in [-0.05, 0) is 29.9 Å². The fourth-order valence-corrected chi connectivity index (χ4v) is 3.73. The number of fused-ring (bicyclic) bond motifs is 1. The van der Waals surface area contributed by atoms with Crippen LogP contribution in [0.2, 0.25) is 0 Å². The molecule has 0 aliphatic heterocycles. The maximum absolute atomic E-state index is 14.4. The van der Waals surface area contributed by atoms with Crippen LogP contribution in [0.3, 0.4) is 0 Å². The van der Waals surface area contributed by atoms with Crippen molar-refractivity contribution in [3.05, 3.63) is 53.8 Å². The number of imidazole rings is 1. The number of hydrogen-bond donors (Lipinski definition) is 0. The van der Waals surface area contributed by atoms with Gasteiger partial charge in [-0.2, -0.15) is 32.2 Å². The first kappa shape index (κ1) is 21.0. The minimum absolute atomic E-state index is 0.0928. The van der Waals surface area contributed by atoms with Crippen LogP contribution in [-0.2, 0) is 6.18 Å². The Morgan fingerprint density at radius 2 is 1.73 bits per heavy atom. The van der Waals surface area contributed by atoms with E-state index >= 15 is 0 Å². The molecule has 1 saturated carbocycles. The van der Waals surface area contributed by atoms with Crippen molar-refractivity contribution < 1.29 is 27.0 Å². The number of ether oxygens (including phenoxy) is 2. The smallest absolute Gasteiger partial charge is 0.451 e. The third kappa shape index (κ3) is 3.68. The molecule has 5 rings (SSSR count). The van der Waals surface area contributed by atoms with Crippen LogP contribution in [0.15, 0.2) is 30.9 Å². The summed E-state index contributed by atoms with van der Waals surface area (Å²) in [5, 5.41) is 4.31. The van der Waals surface area contributed by atoms with Crippen molar-refractivity contribution in [1.82, 2.24) is 34.5 Å². The summed E-state index contributed by atoms with van der Waals surface area (Å²) in [6.45, 7) is 0. The molecular weight excluding hydrogens is 446 g/mol. The molecule has 0 N–H and O–H groups in total. The minimum atomic E-state index is -4.61. The lowest BCUT2D eigenvalue weighted by Gasteiger charge is -2.11. The molecule has 0 saturated heterocycles. The summed E-state index contributed by atoms with van der Waals surface area (Å²) in [7, 11) is 2.83. The Labute approximate surface area is 183 Å². The highest BCUT2D eigenvalue weighted by Crippen LogP contribution is 2.55. The third-order valence-corrected chi connectivity index (χ3v) is 5.38. The molecule has 0 aromatic carbocycles. The lowest BCUT2D eigenvalue weighted by Crippen LogP contribution is -2.10. The molecule has 1 aliphatic rings. The molecule has 13 heteroatoms. The van der Waals surface area contributed by atoms with E-state index in [1.165, 1.54) is 32.8 Å². The zero-order valence-corrected chi connectivity index (χ0v) is 17.2. The summed E-state index contributed by atoms with van der Waals surface area (Å²) in [6.07, 6.45) is 0.846. The van der Waals surface area contributed by atoms with E-state index in [0.717, 1.165) is 10.7 Å². The van der Waals surface area contributed by atoms with E-state index in [0.29, 0.717) is 34.5 Å². The molecule has 4 aromatic rings. The first-order valence-electron chi connectivity index (χ1n) is 9.69. The second-order valence-electron chi connectivity index (χ2n) is 7.37. The van der Waals surface area contributed by atoms with Crippen molar-refractivity contribution in [1.29, 1.82) is 0 Å². The predicted molar refractivity (Wildman–Crippen MR) is 104 cm³/mol. The number of aromatic nitrogens is 7. The van der Waals surface area contributed by atoms with Gasteiger partial charge in [0.1, 0.15) is 0 Å². The number of halogens is 4. The topological polar surface area (TPSA) is 100 Å². The van der Waals surface area contributed by atoms with E-state index in [1.807, 2.05) is 0 Å². The Bertz CT molecular complexity index is 1340. The Hall–Kier alpha value is -3.90. The van der Waals surface area contributed by atoms with Gasteiger partial charge in [-0.3, -0.25) is 0 Å². The van der Waals surface area contributed by atoms with Crippen LogP contribution in [0.4, 0.5) is 17.6 Å². The fraction of sp³-hybridized carbons (Fsp3) is 0.300. The number of alkyl halides is 3. The highest BCUT2D eigenvalue weighted by molar-refractivity contribution is 5.68. The van der Waals surface area contributed by atoms with Gasteiger partial charge < -0.3 is 9.47 Å². The number of rotatable bonds is 5. The van der Waals surface area contributed by atoms with E-state index in [9.17, 15) is 17.6 Å². The van der Waals surface area contributed by atoms with Gasteiger partial charge in [0.25, 0.3) is 0 Å². The monoisotopic (exact) mass is 461 g/mol. The molecule has 1 fully saturated rings. The maximum atomic E-state index is 14.4. The first-order chi connectivity index (χ1) is 15.8. The van der Waals surface area contributed by atoms with Crippen LogP contribution in [0, 0.1) is 5.95 Å². The van der Waals surface area contributed by atoms with Gasteiger partial charge in [-0.15, -0.1) is 0 Å². The molecule has 4 aromatic heterocycles. The quantitative estimate of drug-likeness (QED) is 0.417. The van der Waals surface area contributed by atoms with E-state index < -0.39 is 17.9 Å². The van der Waals surface area contributed by atoms with Crippen molar-refractivity contribution in [2.24, 2.45) is 0 Å². The third-order valence-electron chi connectivity index (χ3n) is 5.38. The van der Waals surface area contributed by atoms with Crippen LogP contribution >= 0.6 is 0 Å². The average Bonchev–Trinajstić information content (AvgIpc) is 3.53. The molecule has 33 heavy (non-hydrogen) atoms. The number of methoxy groups -OCH3 is 2. The Kier molecular flexibility index (Phi) is 4.83. The summed E-state index contributed by atoms with van der Waals surface area (Å²) < 4.78 is 64.1. The largest absolute Gasteiger partial charge is 0.480 e. The fourth-order valence-electron chi connectivity index (χ4n) is 3.73. The van der Waals surface area contributed by atoms with Crippen molar-refractivity contribution in [3.8, 4) is 23.1 Å². The van der Waals surface area contributed by atoms with Gasteiger partial charge in [0.2, 0.25) is 17.7 Å². The van der Waals surface area contributed by atoms with Crippen molar-refractivity contribution in [3.63, 3.8) is 0 Å². The number of hydrogen-bond acceptors (Lipinski definition) is 8. The van der Waals surface area contributed by atoms with E-state index in [4.69, 9.17) is 9.47 Å². The Morgan fingerprint density at radius 1 is 0.970 bits per heavy atom. The zero-order valence-electron chi connectivity index (χ0n) is 17.2. The molecule has 4 heterocycles. The van der Waals surface area contributed by atoms with Crippen LogP contribution in [0.5, 0.6) is 11.9 Å². The van der Waals surface area contributed by atoms with Gasteiger partial charge in [0.05, 0.1) is 31.7 Å². The average molecular weight is 461 g/mol. The van der Waals surface area contributed by atoms with Crippen molar-refractivity contribution in [2.75, 3.05) is 14.2 Å². The van der Waals surface area contributed by atoms with Gasteiger partial charge in [-0.25, -0.2) is 19.9 Å². The molecule has 0 unspecified atom stereocenters. The Morgan fingerprint density at radius 3 is 2.39 bits per heavy atom. The zero-order chi connectivity index (χ0) is 23.3. The van der Waals surface area contributed by atoms with Gasteiger partial charge in [0.15, 0.2) is 5.65 Å². The minimum Gasteiger partial charge on any atom is -0.480 e. The first-order valence-corrected chi connectivity index (χ1v) is 9.69. The second-order valence-corrected chi connectivity index (χ2v) is 7.37. The van der Waals surface area contributed by atoms with Crippen molar-refractivity contribution in [2.45, 2.75) is 24.4 Å². The SMILES string of the molecule is COc1ncc(-c2cc([C@@H]3C[C@H]3c3cnc(C(F)(F)F)nc3)c3ncc(F)n3n2)c(OC)n1. The molecular formula is C20H15F4N7O2. The molecule has 9 nitrogen and oxygen atoms in total. The molecule has 0 bridgehead atoms. The van der Waals surface area contributed by atoms with Gasteiger partial charge in [0, 0.05) is 24.2 Å². The van der Waals surface area contributed by atoms with Gasteiger partial charge >= 0.3 is 12.2 Å². The van der Waals surface area contributed by atoms with E-state index in [1.54, 1.807) is 6.07 Å². The summed E-state index contributed by atoms with van der Waals surface area (Å²) >= 11 is 0. The highest BCUT2D eigenvalue weighted by atomic mass is 19.4. The summed E-state index contributed by atoms with van der Waals surface area (Å²) in [4.78, 5) is 19.2. The molecule has 0 amide bonds. The normalized spacial score (nSPS) is 17.9. The standard InChI is InChI=1S/C20H15F4N7O2/c1-32-17-13(7-28-19(29-17)33-2)14-4-12(16-25-8-15(21)31(16)30-14)11-3-10(11)9-5-26-18(27-6-9)20(22,23)24/h4-8,10-11H,3H2,1-2H3/t10-,11+/m0/s1. The van der Waals surface area contributed by atoms with Crippen LogP contribution < -0.4 is 9.47 Å². The number of nitrogens with zero attached hydrogens (tertiary/aromatic N) is 7. The van der Waals surface area contributed by atoms with Crippen LogP contribution in [-0.4, -0.2) is 48.8 Å². The molecule has 0 radical (unpaired) electrons. The summed E-state index contributed by atoms with van der Waals surface area (Å²) in [6, 6.07) is 1.82. The van der Waals surface area contributed by atoms with Gasteiger partial charge in [-0.1, -0.05) is 0 Å². The predicted octanol–water partition coefficient (Wildman–Crippen LogP) is 3.42. The maximum Gasteiger partial charge on any atom is 0.451 e. The Balaban J connectivity index is 1.55. The summed E-state index contributed by atoms with van der Waals surface area (Å²) in [5.74, 6) is -1.96. The lowest BCUT2D eigenvalue weighted by atomic mass is 10.1. The molecule has 170 valence electrons. The lowest BCUT2D eigenvalue weighted by molar-refractivity contribution is -0.145. The molecule has 2 atom stereocenters. The second kappa shape index (κ2) is 7.60. The molecule has 0 spiro atoms. The van der Waals surface area contributed by atoms with E-state index in [2.05, 4.69) is 30.0 Å². The molecule has 1 aliphatic carbocycles. The van der Waals surface area contributed by atoms with Crippen LogP contribution in [0.25, 0.3) is 16.9 Å². The van der Waals surface area contributed by atoms with Crippen LogP contribution in [0.1, 0.15) is 35.2 Å². The highest BCUT2D eigenvalue weighted by Gasteiger charge is 2.43. The van der Waals surface area contributed by atoms with E-state index in [-0.39, 0.29) is 23.7 Å². The summed E-state index contributed by atoms with van der Waals surface area (Å²) in [5.41, 5.74) is 2.28.